The quantitative estimate of drug-likeness (QED) is 0.776. The summed E-state index contributed by atoms with van der Waals surface area (Å²) >= 11 is 0. The second kappa shape index (κ2) is 9.68. The smallest absolute Gasteiger partial charge is 0.317 e. The van der Waals surface area contributed by atoms with Crippen molar-refractivity contribution in [2.45, 2.75) is 38.3 Å². The van der Waals surface area contributed by atoms with Crippen molar-refractivity contribution < 1.29 is 23.4 Å². The first-order valence-electron chi connectivity index (χ1n) is 8.58. The lowest BCUT2D eigenvalue weighted by molar-refractivity contribution is -0.138. The molecule has 25 heavy (non-hydrogen) atoms. The van der Waals surface area contributed by atoms with E-state index in [1.165, 1.54) is 0 Å². The van der Waals surface area contributed by atoms with Gasteiger partial charge in [0.15, 0.2) is 0 Å². The molecule has 140 valence electrons. The highest BCUT2D eigenvalue weighted by Crippen LogP contribution is 2.19. The molecule has 1 aromatic rings. The van der Waals surface area contributed by atoms with Crippen LogP contribution in [0.1, 0.15) is 24.8 Å². The zero-order valence-electron chi connectivity index (χ0n) is 14.5. The standard InChI is InChI=1S/C18H26F2N2O3/c1-21(12-18(23)24)15-3-2-9-22(10-8-15)11-14-4-6-16(7-5-14)25-13-17(19)20/h4-7,15,17H,2-3,8-13H2,1H3,(H,23,24). The van der Waals surface area contributed by atoms with Crippen LogP contribution in [0.5, 0.6) is 5.75 Å². The number of hydrogen-bond donors (Lipinski definition) is 1. The van der Waals surface area contributed by atoms with Gasteiger partial charge >= 0.3 is 5.97 Å². The molecular formula is C18H26F2N2O3. The number of aliphatic carboxylic acids is 1. The minimum absolute atomic E-state index is 0.0742. The monoisotopic (exact) mass is 356 g/mol. The summed E-state index contributed by atoms with van der Waals surface area (Å²) in [6.45, 7) is 2.17. The van der Waals surface area contributed by atoms with Crippen molar-refractivity contribution in [2.24, 2.45) is 0 Å². The summed E-state index contributed by atoms with van der Waals surface area (Å²) in [6, 6.07) is 7.54. The first kappa shape index (κ1) is 19.6. The zero-order chi connectivity index (χ0) is 18.2. The first-order chi connectivity index (χ1) is 11.9. The molecule has 1 aliphatic heterocycles. The first-order valence-corrected chi connectivity index (χ1v) is 8.58. The summed E-state index contributed by atoms with van der Waals surface area (Å²) in [5.74, 6) is -0.340. The molecular weight excluding hydrogens is 330 g/mol. The molecule has 0 bridgehead atoms. The summed E-state index contributed by atoms with van der Waals surface area (Å²) in [5, 5.41) is 8.92. The third-order valence-electron chi connectivity index (χ3n) is 4.50. The second-order valence-electron chi connectivity index (χ2n) is 6.52. The Morgan fingerprint density at radius 1 is 1.32 bits per heavy atom. The summed E-state index contributed by atoms with van der Waals surface area (Å²) in [5.41, 5.74) is 1.11. The lowest BCUT2D eigenvalue weighted by Crippen LogP contribution is -2.36. The van der Waals surface area contributed by atoms with Crippen molar-refractivity contribution >= 4 is 5.97 Å². The molecule has 1 aliphatic rings. The van der Waals surface area contributed by atoms with Gasteiger partial charge in [0.25, 0.3) is 6.43 Å². The Morgan fingerprint density at radius 3 is 2.68 bits per heavy atom. The molecule has 1 fully saturated rings. The number of carboxylic acid groups (broad SMARTS) is 1. The molecule has 0 spiro atoms. The van der Waals surface area contributed by atoms with Gasteiger partial charge in [0.05, 0.1) is 6.54 Å². The number of benzene rings is 1. The molecule has 0 amide bonds. The molecule has 1 N–H and O–H groups in total. The second-order valence-corrected chi connectivity index (χ2v) is 6.52. The number of likely N-dealkylation sites (tertiary alicyclic amines) is 1. The SMILES string of the molecule is CN(CC(=O)O)C1CCCN(Cc2ccc(OCC(F)F)cc2)CC1. The molecule has 0 aliphatic carbocycles. The van der Waals surface area contributed by atoms with Gasteiger partial charge in [-0.3, -0.25) is 14.6 Å². The molecule has 0 radical (unpaired) electrons. The number of likely N-dealkylation sites (N-methyl/N-ethyl adjacent to an activating group) is 1. The number of nitrogens with zero attached hydrogens (tertiary/aromatic N) is 2. The lowest BCUT2D eigenvalue weighted by Gasteiger charge is -2.25. The van der Waals surface area contributed by atoms with Crippen LogP contribution in [-0.4, -0.2) is 66.6 Å². The van der Waals surface area contributed by atoms with Gasteiger partial charge in [-0.25, -0.2) is 8.78 Å². The van der Waals surface area contributed by atoms with Gasteiger partial charge in [-0.2, -0.15) is 0 Å². The van der Waals surface area contributed by atoms with Gasteiger partial charge in [-0.1, -0.05) is 12.1 Å². The van der Waals surface area contributed by atoms with Crippen LogP contribution in [-0.2, 0) is 11.3 Å². The van der Waals surface area contributed by atoms with Crippen molar-refractivity contribution in [2.75, 3.05) is 33.3 Å². The molecule has 1 unspecified atom stereocenters. The minimum Gasteiger partial charge on any atom is -0.488 e. The largest absolute Gasteiger partial charge is 0.488 e. The molecule has 1 saturated heterocycles. The molecule has 1 atom stereocenters. The van der Waals surface area contributed by atoms with E-state index in [9.17, 15) is 13.6 Å². The maximum absolute atomic E-state index is 12.1. The van der Waals surface area contributed by atoms with Crippen LogP contribution < -0.4 is 4.74 Å². The maximum atomic E-state index is 12.1. The van der Waals surface area contributed by atoms with Gasteiger partial charge in [-0.05, 0) is 57.1 Å². The number of halogens is 2. The summed E-state index contributed by atoms with van der Waals surface area (Å²) < 4.78 is 29.3. The van der Waals surface area contributed by atoms with Gasteiger partial charge in [0, 0.05) is 12.6 Å². The van der Waals surface area contributed by atoms with Crippen molar-refractivity contribution in [3.8, 4) is 5.75 Å². The molecule has 0 aromatic heterocycles. The van der Waals surface area contributed by atoms with Crippen LogP contribution in [0.3, 0.4) is 0 Å². The van der Waals surface area contributed by atoms with Crippen molar-refractivity contribution in [1.29, 1.82) is 0 Å². The van der Waals surface area contributed by atoms with Gasteiger partial charge in [0.1, 0.15) is 12.4 Å². The molecule has 5 nitrogen and oxygen atoms in total. The van der Waals surface area contributed by atoms with E-state index in [2.05, 4.69) is 4.90 Å². The van der Waals surface area contributed by atoms with E-state index in [0.29, 0.717) is 11.8 Å². The average Bonchev–Trinajstić information content (AvgIpc) is 2.79. The fourth-order valence-electron chi connectivity index (χ4n) is 3.19. The van der Waals surface area contributed by atoms with Crippen LogP contribution in [0.15, 0.2) is 24.3 Å². The van der Waals surface area contributed by atoms with Crippen LogP contribution in [0.25, 0.3) is 0 Å². The van der Waals surface area contributed by atoms with E-state index >= 15 is 0 Å². The predicted octanol–water partition coefficient (Wildman–Crippen LogP) is 2.70. The average molecular weight is 356 g/mol. The number of carboxylic acids is 1. The predicted molar refractivity (Wildman–Crippen MR) is 91.1 cm³/mol. The lowest BCUT2D eigenvalue weighted by atomic mass is 10.1. The van der Waals surface area contributed by atoms with E-state index in [4.69, 9.17) is 9.84 Å². The van der Waals surface area contributed by atoms with Gasteiger partial charge < -0.3 is 9.84 Å². The van der Waals surface area contributed by atoms with Crippen molar-refractivity contribution in [1.82, 2.24) is 9.80 Å². The Hall–Kier alpha value is -1.73. The van der Waals surface area contributed by atoms with E-state index in [0.717, 1.165) is 44.5 Å². The van der Waals surface area contributed by atoms with Crippen molar-refractivity contribution in [3.63, 3.8) is 0 Å². The number of alkyl halides is 2. The number of rotatable bonds is 8. The van der Waals surface area contributed by atoms with E-state index < -0.39 is 19.0 Å². The third kappa shape index (κ3) is 6.96. The Balaban J connectivity index is 1.81. The summed E-state index contributed by atoms with van der Waals surface area (Å²) in [6.07, 6.45) is 0.508. The van der Waals surface area contributed by atoms with E-state index in [-0.39, 0.29) is 6.54 Å². The highest BCUT2D eigenvalue weighted by atomic mass is 19.3. The van der Waals surface area contributed by atoms with E-state index in [1.54, 1.807) is 12.1 Å². The number of ether oxygens (including phenoxy) is 1. The summed E-state index contributed by atoms with van der Waals surface area (Å²) in [7, 11) is 1.87. The fraction of sp³-hybridized carbons (Fsp3) is 0.611. The topological polar surface area (TPSA) is 53.0 Å². The minimum atomic E-state index is -2.47. The highest BCUT2D eigenvalue weighted by molar-refractivity contribution is 5.69. The number of hydrogen-bond acceptors (Lipinski definition) is 4. The normalized spacial score (nSPS) is 19.2. The summed E-state index contributed by atoms with van der Waals surface area (Å²) in [4.78, 5) is 15.1. The van der Waals surface area contributed by atoms with Gasteiger partial charge in [0.2, 0.25) is 0 Å². The molecule has 7 heteroatoms. The molecule has 0 saturated carbocycles. The van der Waals surface area contributed by atoms with E-state index in [1.807, 2.05) is 24.1 Å². The molecule has 1 aromatic carbocycles. The maximum Gasteiger partial charge on any atom is 0.317 e. The van der Waals surface area contributed by atoms with Crippen LogP contribution in [0.2, 0.25) is 0 Å². The fourth-order valence-corrected chi connectivity index (χ4v) is 3.19. The van der Waals surface area contributed by atoms with Crippen LogP contribution >= 0.6 is 0 Å². The molecule has 2 rings (SSSR count). The Labute approximate surface area is 147 Å². The van der Waals surface area contributed by atoms with Gasteiger partial charge in [-0.15, -0.1) is 0 Å². The number of carbonyl (C=O) groups is 1. The Morgan fingerprint density at radius 2 is 2.04 bits per heavy atom. The van der Waals surface area contributed by atoms with Crippen molar-refractivity contribution in [3.05, 3.63) is 29.8 Å². The Bertz CT molecular complexity index is 540. The zero-order valence-corrected chi connectivity index (χ0v) is 14.5. The Kier molecular flexibility index (Phi) is 7.58. The third-order valence-corrected chi connectivity index (χ3v) is 4.50. The molecule has 1 heterocycles. The van der Waals surface area contributed by atoms with Crippen LogP contribution in [0, 0.1) is 0 Å². The van der Waals surface area contributed by atoms with Crippen LogP contribution in [0.4, 0.5) is 8.78 Å². The highest BCUT2D eigenvalue weighted by Gasteiger charge is 2.21.